The fourth-order valence-electron chi connectivity index (χ4n) is 1.59. The standard InChI is InChI=1S/C12H16N4O2S2.ClH/c1-8(5-13)14-10(17)7-19-6-9-4-11(18)16-2-3-20-12(16)15-9;/h2-4,8H,5-7,13H2,1H3,(H,14,17);1H/t8-;/m0./s1. The normalized spacial score (nSPS) is 11.9. The van der Waals surface area contributed by atoms with E-state index in [0.717, 1.165) is 0 Å². The van der Waals surface area contributed by atoms with Crippen LogP contribution in [0.1, 0.15) is 12.6 Å². The average Bonchev–Trinajstić information content (AvgIpc) is 2.87. The highest BCUT2D eigenvalue weighted by Gasteiger charge is 2.07. The smallest absolute Gasteiger partial charge is 0.258 e. The number of hydrogen-bond acceptors (Lipinski definition) is 6. The fourth-order valence-corrected chi connectivity index (χ4v) is 3.05. The fraction of sp³-hybridized carbons (Fsp3) is 0.417. The summed E-state index contributed by atoms with van der Waals surface area (Å²) in [5.74, 6) is 0.811. The summed E-state index contributed by atoms with van der Waals surface area (Å²) in [7, 11) is 0. The number of nitrogens with one attached hydrogen (secondary N) is 1. The van der Waals surface area contributed by atoms with Crippen LogP contribution in [0.4, 0.5) is 0 Å². The molecule has 0 aromatic carbocycles. The van der Waals surface area contributed by atoms with Crippen molar-refractivity contribution in [2.75, 3.05) is 12.3 Å². The predicted octanol–water partition coefficient (Wildman–Crippen LogP) is 0.874. The third-order valence-electron chi connectivity index (χ3n) is 2.60. The van der Waals surface area contributed by atoms with Crippen LogP contribution in [0.25, 0.3) is 4.96 Å². The van der Waals surface area contributed by atoms with Crippen LogP contribution in [-0.4, -0.2) is 33.6 Å². The number of carbonyl (C=O) groups excluding carboxylic acids is 1. The van der Waals surface area contributed by atoms with E-state index in [1.165, 1.54) is 33.6 Å². The SMILES string of the molecule is C[C@@H](CN)NC(=O)CSCc1cc(=O)n2ccsc2n1.Cl. The van der Waals surface area contributed by atoms with Crippen LogP contribution >= 0.6 is 35.5 Å². The molecule has 0 aliphatic heterocycles. The molecular weight excluding hydrogens is 332 g/mol. The second-order valence-corrected chi connectivity index (χ2v) is 6.20. The Labute approximate surface area is 136 Å². The van der Waals surface area contributed by atoms with Gasteiger partial charge in [0.25, 0.3) is 5.56 Å². The number of hydrogen-bond donors (Lipinski definition) is 2. The third kappa shape index (κ3) is 4.99. The predicted molar refractivity (Wildman–Crippen MR) is 89.4 cm³/mol. The maximum absolute atomic E-state index is 11.8. The molecule has 1 amide bonds. The molecule has 1 atom stereocenters. The number of nitrogens with zero attached hydrogens (tertiary/aromatic N) is 2. The molecule has 2 aromatic heterocycles. The van der Waals surface area contributed by atoms with Crippen LogP contribution in [-0.2, 0) is 10.5 Å². The molecule has 0 bridgehead atoms. The van der Waals surface area contributed by atoms with Gasteiger partial charge >= 0.3 is 0 Å². The molecular formula is C12H17ClN4O2S2. The van der Waals surface area contributed by atoms with Gasteiger partial charge in [-0.05, 0) is 6.92 Å². The Balaban J connectivity index is 0.00000220. The summed E-state index contributed by atoms with van der Waals surface area (Å²) in [4.78, 5) is 28.4. The Morgan fingerprint density at radius 1 is 1.62 bits per heavy atom. The van der Waals surface area contributed by atoms with Crippen molar-refractivity contribution in [3.05, 3.63) is 33.7 Å². The number of thioether (sulfide) groups is 1. The summed E-state index contributed by atoms with van der Waals surface area (Å²) in [6.45, 7) is 2.28. The van der Waals surface area contributed by atoms with Gasteiger partial charge in [-0.1, -0.05) is 0 Å². The number of nitrogens with two attached hydrogens (primary N) is 1. The van der Waals surface area contributed by atoms with Gasteiger partial charge in [0.05, 0.1) is 11.4 Å². The summed E-state index contributed by atoms with van der Waals surface area (Å²) < 4.78 is 1.51. The van der Waals surface area contributed by atoms with Gasteiger partial charge in [0.2, 0.25) is 5.91 Å². The lowest BCUT2D eigenvalue weighted by Gasteiger charge is -2.10. The summed E-state index contributed by atoms with van der Waals surface area (Å²) in [5.41, 5.74) is 6.04. The van der Waals surface area contributed by atoms with E-state index in [2.05, 4.69) is 10.3 Å². The van der Waals surface area contributed by atoms with Crippen molar-refractivity contribution in [2.45, 2.75) is 18.7 Å². The van der Waals surface area contributed by atoms with E-state index in [-0.39, 0.29) is 29.9 Å². The molecule has 2 heterocycles. The van der Waals surface area contributed by atoms with Gasteiger partial charge in [-0.2, -0.15) is 0 Å². The molecule has 0 spiro atoms. The van der Waals surface area contributed by atoms with Crippen molar-refractivity contribution in [2.24, 2.45) is 5.73 Å². The van der Waals surface area contributed by atoms with Crippen LogP contribution in [0.5, 0.6) is 0 Å². The molecule has 6 nitrogen and oxygen atoms in total. The van der Waals surface area contributed by atoms with Gasteiger partial charge < -0.3 is 11.1 Å². The molecule has 0 fully saturated rings. The monoisotopic (exact) mass is 348 g/mol. The Morgan fingerprint density at radius 3 is 3.10 bits per heavy atom. The number of rotatable bonds is 6. The number of aromatic nitrogens is 2. The first-order valence-corrected chi connectivity index (χ1v) is 8.16. The van der Waals surface area contributed by atoms with Crippen molar-refractivity contribution in [3.8, 4) is 0 Å². The minimum Gasteiger partial charge on any atom is -0.352 e. The summed E-state index contributed by atoms with van der Waals surface area (Å²) in [6, 6.07) is 1.49. The molecule has 9 heteroatoms. The highest BCUT2D eigenvalue weighted by molar-refractivity contribution is 7.99. The average molecular weight is 349 g/mol. The zero-order chi connectivity index (χ0) is 14.5. The Morgan fingerprint density at radius 2 is 2.38 bits per heavy atom. The van der Waals surface area contributed by atoms with Crippen molar-refractivity contribution < 1.29 is 4.79 Å². The van der Waals surface area contributed by atoms with Crippen LogP contribution in [0.3, 0.4) is 0 Å². The van der Waals surface area contributed by atoms with E-state index in [4.69, 9.17) is 5.73 Å². The highest BCUT2D eigenvalue weighted by atomic mass is 35.5. The molecule has 0 unspecified atom stereocenters. The van der Waals surface area contributed by atoms with E-state index in [1.54, 1.807) is 6.20 Å². The Hall–Kier alpha value is -1.09. The van der Waals surface area contributed by atoms with Gasteiger partial charge in [0, 0.05) is 36.0 Å². The van der Waals surface area contributed by atoms with Gasteiger partial charge in [0.1, 0.15) is 0 Å². The molecule has 0 aliphatic rings. The number of thiazole rings is 1. The number of carbonyl (C=O) groups is 1. The third-order valence-corrected chi connectivity index (χ3v) is 4.32. The van der Waals surface area contributed by atoms with E-state index >= 15 is 0 Å². The van der Waals surface area contributed by atoms with E-state index in [9.17, 15) is 9.59 Å². The second-order valence-electron chi connectivity index (χ2n) is 4.34. The Kier molecular flexibility index (Phi) is 7.16. The largest absolute Gasteiger partial charge is 0.352 e. The molecule has 3 N–H and O–H groups in total. The van der Waals surface area contributed by atoms with Crippen molar-refractivity contribution in [3.63, 3.8) is 0 Å². The zero-order valence-corrected chi connectivity index (χ0v) is 13.9. The van der Waals surface area contributed by atoms with E-state index in [0.29, 0.717) is 28.7 Å². The second kappa shape index (κ2) is 8.38. The topological polar surface area (TPSA) is 89.5 Å². The van der Waals surface area contributed by atoms with Crippen LogP contribution < -0.4 is 16.6 Å². The lowest BCUT2D eigenvalue weighted by molar-refractivity contribution is -0.119. The molecule has 21 heavy (non-hydrogen) atoms. The first kappa shape index (κ1) is 18.0. The first-order valence-electron chi connectivity index (χ1n) is 6.13. The lowest BCUT2D eigenvalue weighted by atomic mass is 10.3. The zero-order valence-electron chi connectivity index (χ0n) is 11.4. The maximum atomic E-state index is 11.8. The molecule has 2 aromatic rings. The number of fused-ring (bicyclic) bond motifs is 1. The van der Waals surface area contributed by atoms with Crippen molar-refractivity contribution >= 4 is 46.4 Å². The van der Waals surface area contributed by atoms with Gasteiger partial charge in [0.15, 0.2) is 4.96 Å². The summed E-state index contributed by atoms with van der Waals surface area (Å²) >= 11 is 2.84. The minimum absolute atomic E-state index is 0. The van der Waals surface area contributed by atoms with E-state index < -0.39 is 0 Å². The van der Waals surface area contributed by atoms with Gasteiger partial charge in [-0.15, -0.1) is 35.5 Å². The molecule has 0 radical (unpaired) electrons. The minimum atomic E-state index is -0.0898. The maximum Gasteiger partial charge on any atom is 0.258 e. The number of halogens is 1. The molecule has 0 saturated carbocycles. The van der Waals surface area contributed by atoms with Crippen LogP contribution in [0.15, 0.2) is 22.4 Å². The van der Waals surface area contributed by atoms with Gasteiger partial charge in [-0.3, -0.25) is 14.0 Å². The molecule has 2 rings (SSSR count). The van der Waals surface area contributed by atoms with Gasteiger partial charge in [-0.25, -0.2) is 4.98 Å². The number of amides is 1. The lowest BCUT2D eigenvalue weighted by Crippen LogP contribution is -2.38. The van der Waals surface area contributed by atoms with Crippen molar-refractivity contribution in [1.82, 2.24) is 14.7 Å². The highest BCUT2D eigenvalue weighted by Crippen LogP contribution is 2.12. The summed E-state index contributed by atoms with van der Waals surface area (Å²) in [6.07, 6.45) is 1.70. The molecule has 0 aliphatic carbocycles. The molecule has 0 saturated heterocycles. The Bertz CT molecular complexity index is 658. The van der Waals surface area contributed by atoms with Crippen LogP contribution in [0, 0.1) is 0 Å². The summed E-state index contributed by atoms with van der Waals surface area (Å²) in [5, 5.41) is 4.61. The quantitative estimate of drug-likeness (QED) is 0.808. The van der Waals surface area contributed by atoms with Crippen molar-refractivity contribution in [1.29, 1.82) is 0 Å². The van der Waals surface area contributed by atoms with Crippen LogP contribution in [0.2, 0.25) is 0 Å². The first-order chi connectivity index (χ1) is 9.60. The van der Waals surface area contributed by atoms with E-state index in [1.807, 2.05) is 12.3 Å². The molecule has 116 valence electrons.